The average Bonchev–Trinajstić information content (AvgIpc) is 2.96. The maximum absolute atomic E-state index is 12.4. The van der Waals surface area contributed by atoms with Gasteiger partial charge in [0.05, 0.1) is 24.3 Å². The van der Waals surface area contributed by atoms with Gasteiger partial charge in [-0.05, 0) is 31.2 Å². The summed E-state index contributed by atoms with van der Waals surface area (Å²) < 4.78 is 5.46. The molecule has 1 aliphatic heterocycles. The Labute approximate surface area is 139 Å². The fraction of sp³-hybridized carbons (Fsp3) is 0.167. The molecule has 2 aromatic carbocycles. The minimum Gasteiger partial charge on any atom is -0.493 e. The summed E-state index contributed by atoms with van der Waals surface area (Å²) in [5, 5.41) is 8.20. The lowest BCUT2D eigenvalue weighted by molar-refractivity contribution is -0.116. The van der Waals surface area contributed by atoms with E-state index in [9.17, 15) is 9.59 Å². The molecule has 0 saturated carbocycles. The summed E-state index contributed by atoms with van der Waals surface area (Å²) in [4.78, 5) is 24.6. The number of hydrogen-bond donors (Lipinski definition) is 1. The molecule has 6 nitrogen and oxygen atoms in total. The van der Waals surface area contributed by atoms with Crippen LogP contribution in [0.25, 0.3) is 0 Å². The first kappa shape index (κ1) is 15.7. The van der Waals surface area contributed by atoms with Crippen LogP contribution in [-0.2, 0) is 4.79 Å². The average molecular weight is 323 g/mol. The van der Waals surface area contributed by atoms with Crippen LogP contribution < -0.4 is 15.1 Å². The Morgan fingerprint density at radius 1 is 1.17 bits per heavy atom. The maximum atomic E-state index is 12.4. The Balaban J connectivity index is 1.77. The van der Waals surface area contributed by atoms with E-state index in [1.165, 1.54) is 5.01 Å². The monoisotopic (exact) mass is 323 g/mol. The SMILES string of the molecule is CCOc1ccccc1C(=O)NC1=NN(c2ccccc2)C(=O)C1. The zero-order valence-electron chi connectivity index (χ0n) is 13.2. The van der Waals surface area contributed by atoms with E-state index < -0.39 is 0 Å². The third-order valence-electron chi connectivity index (χ3n) is 3.47. The van der Waals surface area contributed by atoms with Gasteiger partial charge in [0.1, 0.15) is 11.6 Å². The number of ether oxygens (including phenoxy) is 1. The number of hydrazone groups is 1. The highest BCUT2D eigenvalue weighted by Gasteiger charge is 2.27. The molecule has 3 rings (SSSR count). The number of para-hydroxylation sites is 2. The van der Waals surface area contributed by atoms with Gasteiger partial charge in [0, 0.05) is 0 Å². The number of amides is 2. The van der Waals surface area contributed by atoms with Crippen molar-refractivity contribution in [2.75, 3.05) is 11.6 Å². The fourth-order valence-electron chi connectivity index (χ4n) is 2.40. The van der Waals surface area contributed by atoms with Gasteiger partial charge in [0.2, 0.25) is 0 Å². The summed E-state index contributed by atoms with van der Waals surface area (Å²) in [6.07, 6.45) is 0.0530. The van der Waals surface area contributed by atoms with Gasteiger partial charge < -0.3 is 10.1 Å². The van der Waals surface area contributed by atoms with E-state index in [0.717, 1.165) is 0 Å². The summed E-state index contributed by atoms with van der Waals surface area (Å²) >= 11 is 0. The Hall–Kier alpha value is -3.15. The Morgan fingerprint density at radius 3 is 2.62 bits per heavy atom. The molecular formula is C18H17N3O3. The van der Waals surface area contributed by atoms with Crippen LogP contribution >= 0.6 is 0 Å². The highest BCUT2D eigenvalue weighted by Crippen LogP contribution is 2.21. The Bertz CT molecular complexity index is 787. The molecule has 0 aliphatic carbocycles. The molecule has 122 valence electrons. The van der Waals surface area contributed by atoms with Crippen molar-refractivity contribution in [2.24, 2.45) is 5.10 Å². The van der Waals surface area contributed by atoms with E-state index in [4.69, 9.17) is 4.74 Å². The van der Waals surface area contributed by atoms with Gasteiger partial charge in [-0.3, -0.25) is 9.59 Å². The molecule has 2 amide bonds. The largest absolute Gasteiger partial charge is 0.493 e. The van der Waals surface area contributed by atoms with E-state index in [0.29, 0.717) is 29.4 Å². The number of nitrogens with zero attached hydrogens (tertiary/aromatic N) is 2. The van der Waals surface area contributed by atoms with Gasteiger partial charge in [-0.2, -0.15) is 10.1 Å². The molecule has 0 spiro atoms. The molecule has 24 heavy (non-hydrogen) atoms. The van der Waals surface area contributed by atoms with Crippen LogP contribution in [0.2, 0.25) is 0 Å². The van der Waals surface area contributed by atoms with E-state index in [-0.39, 0.29) is 18.2 Å². The smallest absolute Gasteiger partial charge is 0.260 e. The highest BCUT2D eigenvalue weighted by atomic mass is 16.5. The zero-order valence-corrected chi connectivity index (χ0v) is 13.2. The number of carbonyl (C=O) groups excluding carboxylic acids is 2. The summed E-state index contributed by atoms with van der Waals surface area (Å²) in [5.41, 5.74) is 1.08. The van der Waals surface area contributed by atoms with Crippen LogP contribution in [0.5, 0.6) is 5.75 Å². The summed E-state index contributed by atoms with van der Waals surface area (Å²) in [7, 11) is 0. The minimum atomic E-state index is -0.347. The van der Waals surface area contributed by atoms with Crippen molar-refractivity contribution in [1.82, 2.24) is 5.32 Å². The van der Waals surface area contributed by atoms with Crippen LogP contribution in [0, 0.1) is 0 Å². The summed E-state index contributed by atoms with van der Waals surface area (Å²) in [6, 6.07) is 16.1. The maximum Gasteiger partial charge on any atom is 0.260 e. The number of rotatable bonds is 4. The molecular weight excluding hydrogens is 306 g/mol. The van der Waals surface area contributed by atoms with E-state index >= 15 is 0 Å². The van der Waals surface area contributed by atoms with E-state index in [1.807, 2.05) is 25.1 Å². The second-order valence-electron chi connectivity index (χ2n) is 5.15. The second kappa shape index (κ2) is 6.95. The van der Waals surface area contributed by atoms with Gasteiger partial charge >= 0.3 is 0 Å². The topological polar surface area (TPSA) is 71.0 Å². The van der Waals surface area contributed by atoms with Gasteiger partial charge in [-0.15, -0.1) is 0 Å². The molecule has 1 N–H and O–H groups in total. The van der Waals surface area contributed by atoms with Gasteiger partial charge in [-0.25, -0.2) is 0 Å². The number of nitrogens with one attached hydrogen (secondary N) is 1. The molecule has 6 heteroatoms. The van der Waals surface area contributed by atoms with Gasteiger partial charge in [0.25, 0.3) is 11.8 Å². The molecule has 1 aliphatic rings. The van der Waals surface area contributed by atoms with E-state index in [2.05, 4.69) is 10.4 Å². The summed E-state index contributed by atoms with van der Waals surface area (Å²) in [5.74, 6) is 0.289. The molecule has 0 atom stereocenters. The first-order valence-corrected chi connectivity index (χ1v) is 7.67. The van der Waals surface area contributed by atoms with Crippen LogP contribution in [0.4, 0.5) is 5.69 Å². The molecule has 0 saturated heterocycles. The van der Waals surface area contributed by atoms with Crippen LogP contribution in [-0.4, -0.2) is 24.3 Å². The molecule has 0 radical (unpaired) electrons. The minimum absolute atomic E-state index is 0.0530. The number of amidine groups is 1. The van der Waals surface area contributed by atoms with Gasteiger partial charge in [0.15, 0.2) is 0 Å². The van der Waals surface area contributed by atoms with E-state index in [1.54, 1.807) is 36.4 Å². The normalized spacial score (nSPS) is 13.6. The van der Waals surface area contributed by atoms with Crippen molar-refractivity contribution in [3.05, 3.63) is 60.2 Å². The lowest BCUT2D eigenvalue weighted by Crippen LogP contribution is -2.30. The van der Waals surface area contributed by atoms with Crippen molar-refractivity contribution in [3.8, 4) is 5.75 Å². The highest BCUT2D eigenvalue weighted by molar-refractivity contribution is 6.18. The fourth-order valence-corrected chi connectivity index (χ4v) is 2.40. The number of benzene rings is 2. The predicted molar refractivity (Wildman–Crippen MR) is 91.1 cm³/mol. The van der Waals surface area contributed by atoms with Crippen molar-refractivity contribution >= 4 is 23.3 Å². The molecule has 1 heterocycles. The van der Waals surface area contributed by atoms with Crippen LogP contribution in [0.1, 0.15) is 23.7 Å². The standard InChI is InChI=1S/C18H17N3O3/c1-2-24-15-11-7-6-10-14(15)18(23)19-16-12-17(22)21(20-16)13-8-4-3-5-9-13/h3-11H,2,12H2,1H3,(H,19,20,23). The number of hydrogen-bond acceptors (Lipinski definition) is 4. The van der Waals surface area contributed by atoms with Crippen molar-refractivity contribution in [3.63, 3.8) is 0 Å². The zero-order chi connectivity index (χ0) is 16.9. The predicted octanol–water partition coefficient (Wildman–Crippen LogP) is 2.57. The lowest BCUT2D eigenvalue weighted by Gasteiger charge is -2.10. The van der Waals surface area contributed by atoms with Crippen molar-refractivity contribution in [2.45, 2.75) is 13.3 Å². The molecule has 0 bridgehead atoms. The van der Waals surface area contributed by atoms with Crippen molar-refractivity contribution in [1.29, 1.82) is 0 Å². The first-order valence-electron chi connectivity index (χ1n) is 7.67. The first-order chi connectivity index (χ1) is 11.7. The molecule has 0 unspecified atom stereocenters. The Kier molecular flexibility index (Phi) is 4.56. The number of anilines is 1. The quantitative estimate of drug-likeness (QED) is 0.940. The van der Waals surface area contributed by atoms with Crippen molar-refractivity contribution < 1.29 is 14.3 Å². The third kappa shape index (κ3) is 3.27. The molecule has 0 fully saturated rings. The Morgan fingerprint density at radius 2 is 1.88 bits per heavy atom. The van der Waals surface area contributed by atoms with Crippen LogP contribution in [0.15, 0.2) is 59.7 Å². The van der Waals surface area contributed by atoms with Gasteiger partial charge in [-0.1, -0.05) is 30.3 Å². The third-order valence-corrected chi connectivity index (χ3v) is 3.47. The molecule has 2 aromatic rings. The number of carbonyl (C=O) groups is 2. The lowest BCUT2D eigenvalue weighted by atomic mass is 10.2. The molecule has 0 aromatic heterocycles. The second-order valence-corrected chi connectivity index (χ2v) is 5.15. The summed E-state index contributed by atoms with van der Waals surface area (Å²) in [6.45, 7) is 2.32. The van der Waals surface area contributed by atoms with Crippen LogP contribution in [0.3, 0.4) is 0 Å².